The van der Waals surface area contributed by atoms with Crippen LogP contribution in [0.3, 0.4) is 0 Å². The van der Waals surface area contributed by atoms with Gasteiger partial charge in [-0.3, -0.25) is 9.78 Å². The monoisotopic (exact) mass is 243 g/mol. The molecule has 2 rings (SSSR count). The lowest BCUT2D eigenvalue weighted by atomic mass is 10.2. The van der Waals surface area contributed by atoms with Crippen molar-refractivity contribution in [1.82, 2.24) is 14.8 Å². The van der Waals surface area contributed by atoms with Crippen molar-refractivity contribution in [3.63, 3.8) is 0 Å². The lowest BCUT2D eigenvalue weighted by Gasteiger charge is -2.13. The fourth-order valence-corrected chi connectivity index (χ4v) is 1.72. The maximum atomic E-state index is 11.5. The largest absolute Gasteiger partial charge is 0.394 e. The Bertz CT molecular complexity index is 522. The highest BCUT2D eigenvalue weighted by molar-refractivity contribution is 4.89. The molecule has 0 aliphatic carbocycles. The van der Waals surface area contributed by atoms with Crippen LogP contribution in [0, 0.1) is 6.92 Å². The zero-order valence-corrected chi connectivity index (χ0v) is 9.16. The van der Waals surface area contributed by atoms with Crippen LogP contribution in [0.2, 0.25) is 0 Å². The van der Waals surface area contributed by atoms with Crippen molar-refractivity contribution in [3.8, 4) is 0 Å². The number of hydrogen-bond acceptors (Lipinski definition) is 6. The predicted molar refractivity (Wildman–Crippen MR) is 55.5 cm³/mol. The van der Waals surface area contributed by atoms with E-state index in [-0.39, 0.29) is 18.7 Å². The van der Waals surface area contributed by atoms with E-state index in [1.807, 2.05) is 0 Å². The molecule has 1 saturated heterocycles. The van der Waals surface area contributed by atoms with Gasteiger partial charge in [-0.25, -0.2) is 4.79 Å². The normalized spacial score (nSPS) is 28.5. The van der Waals surface area contributed by atoms with Crippen molar-refractivity contribution >= 4 is 0 Å². The molecule has 8 nitrogen and oxygen atoms in total. The van der Waals surface area contributed by atoms with Crippen LogP contribution < -0.4 is 11.2 Å². The molecule has 3 N–H and O–H groups in total. The quantitative estimate of drug-likeness (QED) is 0.546. The van der Waals surface area contributed by atoms with E-state index >= 15 is 0 Å². The molecule has 1 aromatic rings. The van der Waals surface area contributed by atoms with Gasteiger partial charge in [0.25, 0.3) is 5.56 Å². The summed E-state index contributed by atoms with van der Waals surface area (Å²) in [4.78, 5) is 24.7. The number of nitrogens with zero attached hydrogens (tertiary/aromatic N) is 2. The summed E-state index contributed by atoms with van der Waals surface area (Å²) < 4.78 is 6.23. The number of aliphatic hydroxyl groups excluding tert-OH is 2. The number of hydrogen-bond donors (Lipinski definition) is 3. The molecular formula is C9H13N3O5. The molecule has 1 aliphatic heterocycles. The fourth-order valence-electron chi connectivity index (χ4n) is 1.72. The Morgan fingerprint density at radius 2 is 2.29 bits per heavy atom. The second-order valence-electron chi connectivity index (χ2n) is 3.90. The van der Waals surface area contributed by atoms with Crippen molar-refractivity contribution in [2.75, 3.05) is 6.61 Å². The number of aliphatic hydroxyl groups is 2. The molecule has 17 heavy (non-hydrogen) atoms. The number of ether oxygens (including phenoxy) is 1. The molecule has 2 heterocycles. The number of aromatic nitrogens is 3. The molecule has 0 spiro atoms. The molecule has 0 saturated carbocycles. The van der Waals surface area contributed by atoms with E-state index < -0.39 is 29.7 Å². The van der Waals surface area contributed by atoms with Gasteiger partial charge in [-0.2, -0.15) is 9.78 Å². The molecule has 1 aromatic heterocycles. The summed E-state index contributed by atoms with van der Waals surface area (Å²) in [7, 11) is 0. The third kappa shape index (κ3) is 2.14. The number of aromatic amines is 1. The van der Waals surface area contributed by atoms with Crippen LogP contribution in [-0.2, 0) is 4.74 Å². The molecule has 1 aliphatic rings. The lowest BCUT2D eigenvalue weighted by molar-refractivity contribution is -0.0508. The predicted octanol–water partition coefficient (Wildman–Crippen LogP) is -2.12. The minimum atomic E-state index is -0.856. The zero-order valence-electron chi connectivity index (χ0n) is 9.16. The van der Waals surface area contributed by atoms with E-state index in [0.717, 1.165) is 4.68 Å². The number of aryl methyl sites for hydroxylation is 1. The lowest BCUT2D eigenvalue weighted by Crippen LogP contribution is -2.36. The van der Waals surface area contributed by atoms with Gasteiger partial charge < -0.3 is 14.9 Å². The third-order valence-corrected chi connectivity index (χ3v) is 2.67. The van der Waals surface area contributed by atoms with Crippen LogP contribution in [0.25, 0.3) is 0 Å². The maximum Gasteiger partial charge on any atom is 0.347 e. The van der Waals surface area contributed by atoms with Crippen molar-refractivity contribution in [1.29, 1.82) is 0 Å². The molecule has 0 aromatic carbocycles. The Kier molecular flexibility index (Phi) is 3.09. The van der Waals surface area contributed by atoms with Gasteiger partial charge in [0.1, 0.15) is 11.8 Å². The van der Waals surface area contributed by atoms with E-state index in [2.05, 4.69) is 10.1 Å². The van der Waals surface area contributed by atoms with Crippen LogP contribution >= 0.6 is 0 Å². The summed E-state index contributed by atoms with van der Waals surface area (Å²) in [6.45, 7) is 1.12. The number of H-pyrrole nitrogens is 1. The van der Waals surface area contributed by atoms with Gasteiger partial charge >= 0.3 is 5.69 Å². The molecule has 94 valence electrons. The summed E-state index contributed by atoms with van der Waals surface area (Å²) in [5.41, 5.74) is -1.12. The topological polar surface area (TPSA) is 117 Å². The van der Waals surface area contributed by atoms with Crippen molar-refractivity contribution in [2.24, 2.45) is 0 Å². The first kappa shape index (κ1) is 12.0. The smallest absolute Gasteiger partial charge is 0.347 e. The Balaban J connectivity index is 2.34. The van der Waals surface area contributed by atoms with Crippen LogP contribution in [0.5, 0.6) is 0 Å². The van der Waals surface area contributed by atoms with Crippen LogP contribution in [0.1, 0.15) is 18.3 Å². The van der Waals surface area contributed by atoms with E-state index in [9.17, 15) is 14.7 Å². The van der Waals surface area contributed by atoms with Gasteiger partial charge in [-0.1, -0.05) is 0 Å². The average Bonchev–Trinajstić information content (AvgIpc) is 2.65. The third-order valence-electron chi connectivity index (χ3n) is 2.67. The first-order valence-corrected chi connectivity index (χ1v) is 5.17. The van der Waals surface area contributed by atoms with Crippen molar-refractivity contribution < 1.29 is 14.9 Å². The molecule has 0 amide bonds. The second-order valence-corrected chi connectivity index (χ2v) is 3.90. The summed E-state index contributed by atoms with van der Waals surface area (Å²) in [6.07, 6.45) is -2.22. The number of nitrogens with one attached hydrogen (secondary N) is 1. The Labute approximate surface area is 95.5 Å². The Morgan fingerprint density at radius 1 is 1.59 bits per heavy atom. The minimum Gasteiger partial charge on any atom is -0.394 e. The first-order chi connectivity index (χ1) is 8.02. The molecule has 0 radical (unpaired) electrons. The van der Waals surface area contributed by atoms with Gasteiger partial charge in [0, 0.05) is 6.42 Å². The maximum absolute atomic E-state index is 11.5. The van der Waals surface area contributed by atoms with E-state index in [0.29, 0.717) is 0 Å². The zero-order chi connectivity index (χ0) is 12.6. The Morgan fingerprint density at radius 3 is 2.88 bits per heavy atom. The van der Waals surface area contributed by atoms with E-state index in [4.69, 9.17) is 9.84 Å². The van der Waals surface area contributed by atoms with Gasteiger partial charge in [-0.05, 0) is 6.92 Å². The molecule has 0 bridgehead atoms. The molecular weight excluding hydrogens is 230 g/mol. The fraction of sp³-hybridized carbons (Fsp3) is 0.667. The van der Waals surface area contributed by atoms with E-state index in [1.54, 1.807) is 0 Å². The SMILES string of the molecule is Cc1nn([C@@H]2C[C@H](O)[C@H](CO)O2)c(=O)[nH]c1=O. The second kappa shape index (κ2) is 4.40. The van der Waals surface area contributed by atoms with Gasteiger partial charge in [0.15, 0.2) is 6.23 Å². The standard InChI is InChI=1S/C9H13N3O5/c1-4-8(15)10-9(16)12(11-4)7-2-5(14)6(3-13)17-7/h5-7,13-14H,2-3H2,1H3,(H,10,15,16)/t5-,6-,7-/m0/s1. The summed E-state index contributed by atoms with van der Waals surface area (Å²) in [6, 6.07) is 0. The highest BCUT2D eigenvalue weighted by atomic mass is 16.5. The molecule has 3 atom stereocenters. The highest BCUT2D eigenvalue weighted by Crippen LogP contribution is 2.26. The summed E-state index contributed by atoms with van der Waals surface area (Å²) in [5.74, 6) is 0. The Hall–Kier alpha value is -1.51. The first-order valence-electron chi connectivity index (χ1n) is 5.17. The van der Waals surface area contributed by atoms with Crippen LogP contribution in [0.15, 0.2) is 9.59 Å². The molecule has 8 heteroatoms. The van der Waals surface area contributed by atoms with Gasteiger partial charge in [0.2, 0.25) is 0 Å². The molecule has 1 fully saturated rings. The summed E-state index contributed by atoms with van der Waals surface area (Å²) in [5, 5.41) is 22.3. The van der Waals surface area contributed by atoms with E-state index in [1.165, 1.54) is 6.92 Å². The van der Waals surface area contributed by atoms with Crippen LogP contribution in [0.4, 0.5) is 0 Å². The van der Waals surface area contributed by atoms with Crippen LogP contribution in [-0.4, -0.2) is 43.8 Å². The number of rotatable bonds is 2. The van der Waals surface area contributed by atoms with Gasteiger partial charge in [0.05, 0.1) is 12.7 Å². The van der Waals surface area contributed by atoms with Crippen molar-refractivity contribution in [3.05, 3.63) is 26.5 Å². The van der Waals surface area contributed by atoms with Crippen molar-refractivity contribution in [2.45, 2.75) is 31.8 Å². The highest BCUT2D eigenvalue weighted by Gasteiger charge is 2.35. The summed E-state index contributed by atoms with van der Waals surface area (Å²) >= 11 is 0. The average molecular weight is 243 g/mol. The van der Waals surface area contributed by atoms with Gasteiger partial charge in [-0.15, -0.1) is 0 Å². The molecule has 0 unspecified atom stereocenters. The minimum absolute atomic E-state index is 0.134.